The highest BCUT2D eigenvalue weighted by molar-refractivity contribution is 7.92. The van der Waals surface area contributed by atoms with Crippen LogP contribution in [-0.4, -0.2) is 61.3 Å². The zero-order chi connectivity index (χ0) is 28.2. The van der Waals surface area contributed by atoms with Crippen LogP contribution in [0.25, 0.3) is 10.9 Å². The number of hydrogen-bond acceptors (Lipinski definition) is 5. The van der Waals surface area contributed by atoms with Gasteiger partial charge in [0.1, 0.15) is 17.1 Å². The Morgan fingerprint density at radius 3 is 2.49 bits per heavy atom. The van der Waals surface area contributed by atoms with Gasteiger partial charge < -0.3 is 19.9 Å². The first-order chi connectivity index (χ1) is 18.7. The average molecular weight is 556 g/mol. The molecule has 8 nitrogen and oxygen atoms in total. The van der Waals surface area contributed by atoms with E-state index in [1.807, 2.05) is 37.4 Å². The standard InChI is InChI=1S/C29H34FN3O5S/c1-4-26(20-10-12-21(30)13-11-20)39(36,37)22-14-16-33(17-15-22)29(35)32-27(28(34)38-5-2)19(3)24-18-31-25-9-7-6-8-23(24)25/h4,6-13,18-19,22,26-27,31H,1,5,14-17H2,2-3H3,(H,32,35). The fraction of sp³-hybridized carbons (Fsp3) is 0.379. The maximum atomic E-state index is 13.4. The Bertz CT molecular complexity index is 1430. The van der Waals surface area contributed by atoms with Crippen LogP contribution in [-0.2, 0) is 19.4 Å². The average Bonchev–Trinajstić information content (AvgIpc) is 3.37. The summed E-state index contributed by atoms with van der Waals surface area (Å²) >= 11 is 0. The van der Waals surface area contributed by atoms with Crippen molar-refractivity contribution >= 4 is 32.7 Å². The van der Waals surface area contributed by atoms with Crippen molar-refractivity contribution in [2.45, 2.75) is 49.1 Å². The van der Waals surface area contributed by atoms with Crippen LogP contribution in [0.2, 0.25) is 0 Å². The summed E-state index contributed by atoms with van der Waals surface area (Å²) in [6.45, 7) is 7.85. The molecule has 0 spiro atoms. The number of aromatic amines is 1. The van der Waals surface area contributed by atoms with Gasteiger partial charge in [0.05, 0.1) is 11.9 Å². The van der Waals surface area contributed by atoms with Crippen molar-refractivity contribution in [3.8, 4) is 0 Å². The molecule has 1 aliphatic rings. The van der Waals surface area contributed by atoms with Gasteiger partial charge in [-0.1, -0.05) is 43.3 Å². The van der Waals surface area contributed by atoms with E-state index in [0.29, 0.717) is 5.56 Å². The van der Waals surface area contributed by atoms with Gasteiger partial charge in [0.2, 0.25) is 0 Å². The predicted molar refractivity (Wildman–Crippen MR) is 149 cm³/mol. The fourth-order valence-corrected chi connectivity index (χ4v) is 7.29. The van der Waals surface area contributed by atoms with Crippen molar-refractivity contribution in [2.75, 3.05) is 19.7 Å². The smallest absolute Gasteiger partial charge is 0.329 e. The molecular formula is C29H34FN3O5S. The van der Waals surface area contributed by atoms with Crippen molar-refractivity contribution < 1.29 is 27.1 Å². The van der Waals surface area contributed by atoms with Crippen molar-refractivity contribution in [3.63, 3.8) is 0 Å². The molecule has 1 aromatic heterocycles. The number of hydrogen-bond donors (Lipinski definition) is 2. The van der Waals surface area contributed by atoms with E-state index in [-0.39, 0.29) is 38.5 Å². The van der Waals surface area contributed by atoms with Gasteiger partial charge in [-0.2, -0.15) is 0 Å². The molecule has 0 radical (unpaired) electrons. The summed E-state index contributed by atoms with van der Waals surface area (Å²) in [6, 6.07) is 11.7. The molecule has 2 heterocycles. The summed E-state index contributed by atoms with van der Waals surface area (Å²) in [7, 11) is -3.67. The van der Waals surface area contributed by atoms with Gasteiger partial charge >= 0.3 is 12.0 Å². The van der Waals surface area contributed by atoms with Crippen LogP contribution in [0.3, 0.4) is 0 Å². The molecule has 1 saturated heterocycles. The lowest BCUT2D eigenvalue weighted by Crippen LogP contribution is -2.53. The number of halogens is 1. The lowest BCUT2D eigenvalue weighted by molar-refractivity contribution is -0.145. The number of ether oxygens (including phenoxy) is 1. The summed E-state index contributed by atoms with van der Waals surface area (Å²) in [6.07, 6.45) is 3.67. The topological polar surface area (TPSA) is 109 Å². The third-order valence-corrected chi connectivity index (χ3v) is 9.96. The van der Waals surface area contributed by atoms with E-state index in [1.54, 1.807) is 6.92 Å². The number of H-pyrrole nitrogens is 1. The number of carbonyl (C=O) groups excluding carboxylic acids is 2. The molecule has 0 saturated carbocycles. The highest BCUT2D eigenvalue weighted by Gasteiger charge is 2.38. The Hall–Kier alpha value is -3.66. The number of amides is 2. The maximum absolute atomic E-state index is 13.4. The SMILES string of the molecule is C=CC(c1ccc(F)cc1)S(=O)(=O)C1CCN(C(=O)NC(C(=O)OCC)C(C)c2c[nH]c3ccccc23)CC1. The molecule has 3 unspecified atom stereocenters. The second-order valence-electron chi connectivity index (χ2n) is 9.74. The van der Waals surface area contributed by atoms with E-state index in [9.17, 15) is 22.4 Å². The van der Waals surface area contributed by atoms with Gasteiger partial charge in [-0.25, -0.2) is 22.4 Å². The number of nitrogens with zero attached hydrogens (tertiary/aromatic N) is 1. The summed E-state index contributed by atoms with van der Waals surface area (Å²) in [4.78, 5) is 30.9. The number of likely N-dealkylation sites (tertiary alicyclic amines) is 1. The van der Waals surface area contributed by atoms with Crippen LogP contribution in [0.5, 0.6) is 0 Å². The molecular weight excluding hydrogens is 521 g/mol. The molecule has 0 bridgehead atoms. The van der Waals surface area contributed by atoms with Crippen LogP contribution < -0.4 is 5.32 Å². The lowest BCUT2D eigenvalue weighted by Gasteiger charge is -2.34. The number of para-hydroxylation sites is 1. The lowest BCUT2D eigenvalue weighted by atomic mass is 9.93. The Morgan fingerprint density at radius 2 is 1.85 bits per heavy atom. The summed E-state index contributed by atoms with van der Waals surface area (Å²) in [5, 5.41) is 2.15. The number of esters is 1. The second kappa shape index (κ2) is 12.0. The first-order valence-corrected chi connectivity index (χ1v) is 14.7. The van der Waals surface area contributed by atoms with Gasteiger partial charge in [0.25, 0.3) is 0 Å². The van der Waals surface area contributed by atoms with Gasteiger partial charge in [-0.3, -0.25) is 0 Å². The number of piperidine rings is 1. The number of nitrogens with one attached hydrogen (secondary N) is 2. The highest BCUT2D eigenvalue weighted by atomic mass is 32.2. The summed E-state index contributed by atoms with van der Waals surface area (Å²) < 4.78 is 45.4. The van der Waals surface area contributed by atoms with Crippen molar-refractivity contribution in [3.05, 3.63) is 84.3 Å². The normalized spacial score (nSPS) is 16.8. The molecule has 10 heteroatoms. The number of rotatable bonds is 9. The van der Waals surface area contributed by atoms with E-state index in [1.165, 1.54) is 35.2 Å². The monoisotopic (exact) mass is 555 g/mol. The molecule has 208 valence electrons. The summed E-state index contributed by atoms with van der Waals surface area (Å²) in [5.41, 5.74) is 2.26. The van der Waals surface area contributed by atoms with E-state index >= 15 is 0 Å². The van der Waals surface area contributed by atoms with Gasteiger partial charge in [0, 0.05) is 36.1 Å². The third kappa shape index (κ3) is 6.00. The van der Waals surface area contributed by atoms with E-state index in [2.05, 4.69) is 16.9 Å². The van der Waals surface area contributed by atoms with E-state index < -0.39 is 44.2 Å². The van der Waals surface area contributed by atoms with Crippen molar-refractivity contribution in [2.24, 2.45) is 0 Å². The molecule has 0 aliphatic carbocycles. The van der Waals surface area contributed by atoms with E-state index in [4.69, 9.17) is 4.74 Å². The minimum Gasteiger partial charge on any atom is -0.464 e. The molecule has 2 amide bonds. The van der Waals surface area contributed by atoms with Crippen molar-refractivity contribution in [1.29, 1.82) is 0 Å². The van der Waals surface area contributed by atoms with Gasteiger partial charge in [-0.05, 0) is 49.1 Å². The van der Waals surface area contributed by atoms with Gasteiger partial charge in [0.15, 0.2) is 9.84 Å². The first-order valence-electron chi connectivity index (χ1n) is 13.1. The Kier molecular flexibility index (Phi) is 8.74. The molecule has 1 fully saturated rings. The first kappa shape index (κ1) is 28.4. The van der Waals surface area contributed by atoms with E-state index in [0.717, 1.165) is 16.5 Å². The quantitative estimate of drug-likeness (QED) is 0.290. The largest absolute Gasteiger partial charge is 0.464 e. The second-order valence-corrected chi connectivity index (χ2v) is 12.1. The van der Waals surface area contributed by atoms with Crippen LogP contribution in [0.1, 0.15) is 49.0 Å². The number of fused-ring (bicyclic) bond motifs is 1. The third-order valence-electron chi connectivity index (χ3n) is 7.39. The van der Waals surface area contributed by atoms with Crippen LogP contribution in [0.15, 0.2) is 67.4 Å². The number of aromatic nitrogens is 1. The Morgan fingerprint density at radius 1 is 1.18 bits per heavy atom. The molecule has 3 aromatic rings. The number of benzene rings is 2. The zero-order valence-corrected chi connectivity index (χ0v) is 22.9. The Balaban J connectivity index is 1.45. The predicted octanol–water partition coefficient (Wildman–Crippen LogP) is 4.86. The number of urea groups is 1. The van der Waals surface area contributed by atoms with Crippen LogP contribution >= 0.6 is 0 Å². The molecule has 39 heavy (non-hydrogen) atoms. The molecule has 2 N–H and O–H groups in total. The minimum absolute atomic E-state index is 0.174. The Labute approximate surface area is 228 Å². The summed E-state index contributed by atoms with van der Waals surface area (Å²) in [5.74, 6) is -1.36. The number of carbonyl (C=O) groups is 2. The molecule has 2 aromatic carbocycles. The molecule has 3 atom stereocenters. The van der Waals surface area contributed by atoms with Crippen LogP contribution in [0, 0.1) is 5.82 Å². The highest BCUT2D eigenvalue weighted by Crippen LogP contribution is 2.32. The number of sulfone groups is 1. The molecule has 4 rings (SSSR count). The van der Waals surface area contributed by atoms with Crippen LogP contribution in [0.4, 0.5) is 9.18 Å². The zero-order valence-electron chi connectivity index (χ0n) is 22.1. The maximum Gasteiger partial charge on any atom is 0.329 e. The fourth-order valence-electron chi connectivity index (χ4n) is 5.20. The minimum atomic E-state index is -3.67. The molecule has 1 aliphatic heterocycles. The van der Waals surface area contributed by atoms with Gasteiger partial charge in [-0.15, -0.1) is 6.58 Å². The van der Waals surface area contributed by atoms with Crippen molar-refractivity contribution in [1.82, 2.24) is 15.2 Å².